The molecule has 0 atom stereocenters. The minimum absolute atomic E-state index is 0.209. The zero-order valence-electron chi connectivity index (χ0n) is 17.7. The van der Waals surface area contributed by atoms with E-state index in [4.69, 9.17) is 0 Å². The smallest absolute Gasteiger partial charge is 0.322 e. The number of carbonyl (C=O) groups is 2. The van der Waals surface area contributed by atoms with E-state index in [-0.39, 0.29) is 11.7 Å². The average Bonchev–Trinajstić information content (AvgIpc) is 3.13. The number of urea groups is 1. The second-order valence-electron chi connectivity index (χ2n) is 7.52. The molecule has 3 amide bonds. The number of hydrogen-bond acceptors (Lipinski definition) is 4. The summed E-state index contributed by atoms with van der Waals surface area (Å²) < 4.78 is 13.8. The van der Waals surface area contributed by atoms with Crippen LogP contribution in [0, 0.1) is 26.6 Å². The van der Waals surface area contributed by atoms with Gasteiger partial charge in [0.1, 0.15) is 5.82 Å². The van der Waals surface area contributed by atoms with E-state index in [9.17, 15) is 14.0 Å². The van der Waals surface area contributed by atoms with Gasteiger partial charge in [-0.2, -0.15) is 0 Å². The van der Waals surface area contributed by atoms with Crippen molar-refractivity contribution in [1.29, 1.82) is 0 Å². The second kappa shape index (κ2) is 8.76. The Hall–Kier alpha value is -3.78. The van der Waals surface area contributed by atoms with Crippen molar-refractivity contribution in [3.05, 3.63) is 82.7 Å². The van der Waals surface area contributed by atoms with Crippen molar-refractivity contribution in [3.63, 3.8) is 0 Å². The lowest BCUT2D eigenvalue weighted by Crippen LogP contribution is -2.19. The lowest BCUT2D eigenvalue weighted by Gasteiger charge is -2.12. The maximum atomic E-state index is 13.0. The van der Waals surface area contributed by atoms with E-state index in [1.54, 1.807) is 18.2 Å². The highest BCUT2D eigenvalue weighted by atomic mass is 32.1. The standard InChI is InChI=1S/C24H21FN4O2S/c1-13-10-14(2)21(15(3)11-13)28-22(30)16-4-9-19-20(12-16)32-24(27-19)29-23(31)26-18-7-5-17(25)6-8-18/h4-12H,1-3H3,(H,28,30)(H2,26,27,29,31). The normalized spacial score (nSPS) is 10.8. The molecule has 0 unspecified atom stereocenters. The highest BCUT2D eigenvalue weighted by Gasteiger charge is 2.14. The molecule has 6 nitrogen and oxygen atoms in total. The van der Waals surface area contributed by atoms with Gasteiger partial charge in [0.15, 0.2) is 5.13 Å². The van der Waals surface area contributed by atoms with Crippen LogP contribution < -0.4 is 16.0 Å². The van der Waals surface area contributed by atoms with Crippen LogP contribution in [-0.2, 0) is 0 Å². The fraction of sp³-hybridized carbons (Fsp3) is 0.125. The van der Waals surface area contributed by atoms with Crippen LogP contribution in [0.25, 0.3) is 10.2 Å². The number of aryl methyl sites for hydroxylation is 3. The van der Waals surface area contributed by atoms with E-state index in [1.165, 1.54) is 35.6 Å². The van der Waals surface area contributed by atoms with Crippen LogP contribution in [0.5, 0.6) is 0 Å². The minimum Gasteiger partial charge on any atom is -0.322 e. The van der Waals surface area contributed by atoms with E-state index < -0.39 is 6.03 Å². The molecular formula is C24H21FN4O2S. The molecule has 32 heavy (non-hydrogen) atoms. The summed E-state index contributed by atoms with van der Waals surface area (Å²) in [5, 5.41) is 8.67. The summed E-state index contributed by atoms with van der Waals surface area (Å²) in [7, 11) is 0. The van der Waals surface area contributed by atoms with E-state index in [1.807, 2.05) is 32.9 Å². The molecular weight excluding hydrogens is 427 g/mol. The molecule has 0 spiro atoms. The summed E-state index contributed by atoms with van der Waals surface area (Å²) in [4.78, 5) is 29.4. The minimum atomic E-state index is -0.487. The fourth-order valence-electron chi connectivity index (χ4n) is 3.47. The number of nitrogens with one attached hydrogen (secondary N) is 3. The molecule has 0 fully saturated rings. The van der Waals surface area contributed by atoms with Gasteiger partial charge >= 0.3 is 6.03 Å². The molecule has 0 aliphatic heterocycles. The number of halogens is 1. The third kappa shape index (κ3) is 4.76. The third-order valence-electron chi connectivity index (χ3n) is 4.89. The summed E-state index contributed by atoms with van der Waals surface area (Å²) in [6.45, 7) is 5.96. The first-order valence-electron chi connectivity index (χ1n) is 9.92. The molecule has 0 bridgehead atoms. The third-order valence-corrected chi connectivity index (χ3v) is 5.82. The van der Waals surface area contributed by atoms with Gasteiger partial charge in [-0.1, -0.05) is 29.0 Å². The highest BCUT2D eigenvalue weighted by molar-refractivity contribution is 7.22. The van der Waals surface area contributed by atoms with Crippen molar-refractivity contribution in [2.75, 3.05) is 16.0 Å². The summed E-state index contributed by atoms with van der Waals surface area (Å²) in [6, 6.07) is 14.2. The molecule has 3 N–H and O–H groups in total. The Morgan fingerprint density at radius 2 is 1.56 bits per heavy atom. The number of rotatable bonds is 4. The Morgan fingerprint density at radius 3 is 2.25 bits per heavy atom. The van der Waals surface area contributed by atoms with Gasteiger partial charge < -0.3 is 10.6 Å². The number of benzene rings is 3. The second-order valence-corrected chi connectivity index (χ2v) is 8.55. The average molecular weight is 449 g/mol. The van der Waals surface area contributed by atoms with Crippen molar-refractivity contribution >= 4 is 50.0 Å². The van der Waals surface area contributed by atoms with Crippen molar-refractivity contribution < 1.29 is 14.0 Å². The fourth-order valence-corrected chi connectivity index (χ4v) is 4.38. The number of amides is 3. The van der Waals surface area contributed by atoms with Crippen LogP contribution in [0.15, 0.2) is 54.6 Å². The molecule has 1 heterocycles. The number of hydrogen-bond donors (Lipinski definition) is 3. The lowest BCUT2D eigenvalue weighted by atomic mass is 10.0. The van der Waals surface area contributed by atoms with Gasteiger partial charge in [0.25, 0.3) is 5.91 Å². The first-order chi connectivity index (χ1) is 15.3. The van der Waals surface area contributed by atoms with E-state index in [2.05, 4.69) is 20.9 Å². The Morgan fingerprint density at radius 1 is 0.875 bits per heavy atom. The number of nitrogens with zero attached hydrogens (tertiary/aromatic N) is 1. The van der Waals surface area contributed by atoms with Crippen LogP contribution >= 0.6 is 11.3 Å². The van der Waals surface area contributed by atoms with Gasteiger partial charge in [0, 0.05) is 16.9 Å². The molecule has 0 saturated heterocycles. The van der Waals surface area contributed by atoms with Crippen molar-refractivity contribution in [2.45, 2.75) is 20.8 Å². The predicted molar refractivity (Wildman–Crippen MR) is 127 cm³/mol. The molecule has 0 saturated carbocycles. The van der Waals surface area contributed by atoms with Gasteiger partial charge in [-0.25, -0.2) is 14.2 Å². The zero-order valence-corrected chi connectivity index (χ0v) is 18.6. The molecule has 162 valence electrons. The van der Waals surface area contributed by atoms with Crippen LogP contribution in [0.2, 0.25) is 0 Å². The van der Waals surface area contributed by atoms with Crippen molar-refractivity contribution in [3.8, 4) is 0 Å². The SMILES string of the molecule is Cc1cc(C)c(NC(=O)c2ccc3nc(NC(=O)Nc4ccc(F)cc4)sc3c2)c(C)c1. The molecule has 4 aromatic rings. The van der Waals surface area contributed by atoms with Crippen molar-refractivity contribution in [2.24, 2.45) is 0 Å². The molecule has 3 aromatic carbocycles. The van der Waals surface area contributed by atoms with E-state index in [0.717, 1.165) is 27.1 Å². The van der Waals surface area contributed by atoms with Gasteiger partial charge in [0.05, 0.1) is 10.2 Å². The van der Waals surface area contributed by atoms with E-state index >= 15 is 0 Å². The Kier molecular flexibility index (Phi) is 5.87. The monoisotopic (exact) mass is 448 g/mol. The molecule has 4 rings (SSSR count). The summed E-state index contributed by atoms with van der Waals surface area (Å²) in [6.07, 6.45) is 0. The van der Waals surface area contributed by atoms with Gasteiger partial charge in [-0.15, -0.1) is 0 Å². The maximum Gasteiger partial charge on any atom is 0.325 e. The lowest BCUT2D eigenvalue weighted by molar-refractivity contribution is 0.102. The van der Waals surface area contributed by atoms with Crippen LogP contribution in [-0.4, -0.2) is 16.9 Å². The van der Waals surface area contributed by atoms with Gasteiger partial charge in [0.2, 0.25) is 0 Å². The summed E-state index contributed by atoms with van der Waals surface area (Å²) in [5.74, 6) is -0.589. The maximum absolute atomic E-state index is 13.0. The predicted octanol–water partition coefficient (Wildman–Crippen LogP) is 6.26. The summed E-state index contributed by atoms with van der Waals surface area (Å²) in [5.41, 5.74) is 5.61. The Labute approximate surface area is 188 Å². The zero-order chi connectivity index (χ0) is 22.8. The quantitative estimate of drug-likeness (QED) is 0.345. The van der Waals surface area contributed by atoms with Crippen LogP contribution in [0.3, 0.4) is 0 Å². The molecule has 0 aliphatic carbocycles. The number of fused-ring (bicyclic) bond motifs is 1. The van der Waals surface area contributed by atoms with Gasteiger partial charge in [-0.05, 0) is 74.4 Å². The first-order valence-corrected chi connectivity index (χ1v) is 10.7. The topological polar surface area (TPSA) is 83.1 Å². The number of anilines is 3. The Bertz CT molecular complexity index is 1310. The van der Waals surface area contributed by atoms with Crippen LogP contribution in [0.4, 0.5) is 25.7 Å². The van der Waals surface area contributed by atoms with Crippen LogP contribution in [0.1, 0.15) is 27.0 Å². The Balaban J connectivity index is 1.48. The summed E-state index contributed by atoms with van der Waals surface area (Å²) >= 11 is 1.26. The number of aromatic nitrogens is 1. The highest BCUT2D eigenvalue weighted by Crippen LogP contribution is 2.28. The molecule has 0 radical (unpaired) electrons. The largest absolute Gasteiger partial charge is 0.325 e. The number of thiazole rings is 1. The van der Waals surface area contributed by atoms with E-state index in [0.29, 0.717) is 21.9 Å². The molecule has 8 heteroatoms. The first kappa shape index (κ1) is 21.5. The van der Waals surface area contributed by atoms with Gasteiger partial charge in [-0.3, -0.25) is 10.1 Å². The molecule has 1 aromatic heterocycles. The molecule has 0 aliphatic rings. The number of carbonyl (C=O) groups excluding carboxylic acids is 2. The van der Waals surface area contributed by atoms with Crippen molar-refractivity contribution in [1.82, 2.24) is 4.98 Å².